The zero-order valence-corrected chi connectivity index (χ0v) is 10.8. The summed E-state index contributed by atoms with van der Waals surface area (Å²) in [7, 11) is 0. The molecule has 0 saturated carbocycles. The number of aldehydes is 1. The van der Waals surface area contributed by atoms with Crippen LogP contribution in [0.5, 0.6) is 0 Å². The zero-order chi connectivity index (χ0) is 12.5. The number of piperidine rings is 1. The number of anilines is 1. The van der Waals surface area contributed by atoms with Crippen LogP contribution in [0.1, 0.15) is 23.3 Å². The summed E-state index contributed by atoms with van der Waals surface area (Å²) in [5, 5.41) is 11.2. The average Bonchev–Trinajstić information content (AvgIpc) is 2.98. The van der Waals surface area contributed by atoms with Gasteiger partial charge in [0.05, 0.1) is 0 Å². The maximum absolute atomic E-state index is 11.3. The molecule has 1 aliphatic heterocycles. The van der Waals surface area contributed by atoms with Gasteiger partial charge in [-0.05, 0) is 18.8 Å². The third-order valence-corrected chi connectivity index (χ3v) is 4.22. The lowest BCUT2D eigenvalue weighted by atomic mass is 9.99. The zero-order valence-electron chi connectivity index (χ0n) is 9.95. The van der Waals surface area contributed by atoms with Gasteiger partial charge in [-0.25, -0.2) is 4.98 Å². The van der Waals surface area contributed by atoms with Crippen molar-refractivity contribution in [2.45, 2.75) is 12.8 Å². The van der Waals surface area contributed by atoms with Gasteiger partial charge in [0.2, 0.25) is 0 Å². The molecule has 6 heteroatoms. The van der Waals surface area contributed by atoms with E-state index in [0.29, 0.717) is 5.69 Å². The molecule has 2 aromatic heterocycles. The van der Waals surface area contributed by atoms with E-state index in [1.165, 1.54) is 11.3 Å². The summed E-state index contributed by atoms with van der Waals surface area (Å²) in [4.78, 5) is 18.8. The largest absolute Gasteiger partial charge is 0.396 e. The summed E-state index contributed by atoms with van der Waals surface area (Å²) in [5.74, 6) is 1.05. The van der Waals surface area contributed by atoms with Crippen LogP contribution in [0.15, 0.2) is 11.6 Å². The van der Waals surface area contributed by atoms with Crippen molar-refractivity contribution in [1.82, 2.24) is 9.38 Å². The molecule has 1 fully saturated rings. The fraction of sp³-hybridized carbons (Fsp3) is 0.500. The molecule has 1 aliphatic rings. The van der Waals surface area contributed by atoms with Crippen LogP contribution in [0.25, 0.3) is 4.96 Å². The Kier molecular flexibility index (Phi) is 3.05. The lowest BCUT2D eigenvalue weighted by molar-refractivity contribution is 0.111. The van der Waals surface area contributed by atoms with E-state index in [1.54, 1.807) is 0 Å². The van der Waals surface area contributed by atoms with Crippen LogP contribution in [0.2, 0.25) is 0 Å². The number of imidazole rings is 1. The van der Waals surface area contributed by atoms with E-state index in [-0.39, 0.29) is 12.5 Å². The Hall–Kier alpha value is -1.40. The molecule has 5 nitrogen and oxygen atoms in total. The highest BCUT2D eigenvalue weighted by Gasteiger charge is 2.24. The first-order valence-corrected chi connectivity index (χ1v) is 6.98. The second-order valence-corrected chi connectivity index (χ2v) is 5.50. The van der Waals surface area contributed by atoms with Gasteiger partial charge in [0.15, 0.2) is 17.1 Å². The summed E-state index contributed by atoms with van der Waals surface area (Å²) in [6.45, 7) is 1.89. The minimum atomic E-state index is 0.204. The minimum absolute atomic E-state index is 0.204. The molecule has 1 N–H and O–H groups in total. The van der Waals surface area contributed by atoms with Crippen molar-refractivity contribution in [2.24, 2.45) is 5.92 Å². The Morgan fingerprint density at radius 2 is 2.50 bits per heavy atom. The SMILES string of the molecule is O=Cc1c(N2CCCC(CO)C2)nc2sccn12. The van der Waals surface area contributed by atoms with E-state index in [1.807, 2.05) is 16.0 Å². The van der Waals surface area contributed by atoms with Crippen LogP contribution in [0.3, 0.4) is 0 Å². The van der Waals surface area contributed by atoms with E-state index < -0.39 is 0 Å². The van der Waals surface area contributed by atoms with Crippen molar-refractivity contribution in [3.05, 3.63) is 17.3 Å². The second-order valence-electron chi connectivity index (χ2n) is 4.63. The standard InChI is InChI=1S/C12H15N3O2S/c16-7-9-2-1-3-14(6-9)11-10(8-17)15-4-5-18-12(15)13-11/h4-5,8-9,16H,1-3,6-7H2. The Morgan fingerprint density at radius 3 is 3.28 bits per heavy atom. The summed E-state index contributed by atoms with van der Waals surface area (Å²) >= 11 is 1.53. The third-order valence-electron chi connectivity index (χ3n) is 3.47. The Labute approximate surface area is 109 Å². The van der Waals surface area contributed by atoms with Crippen LogP contribution in [0, 0.1) is 5.92 Å². The summed E-state index contributed by atoms with van der Waals surface area (Å²) in [6, 6.07) is 0. The molecule has 0 radical (unpaired) electrons. The quantitative estimate of drug-likeness (QED) is 0.853. The fourth-order valence-corrected chi connectivity index (χ4v) is 3.26. The maximum Gasteiger partial charge on any atom is 0.196 e. The fourth-order valence-electron chi connectivity index (χ4n) is 2.54. The van der Waals surface area contributed by atoms with E-state index in [9.17, 15) is 9.90 Å². The Bertz CT molecular complexity index is 563. The molecule has 0 amide bonds. The predicted octanol–water partition coefficient (Wildman–Crippen LogP) is 1.42. The molecule has 18 heavy (non-hydrogen) atoms. The molecule has 1 unspecified atom stereocenters. The number of carbonyl (C=O) groups is 1. The number of aliphatic hydroxyl groups excluding tert-OH is 1. The van der Waals surface area contributed by atoms with E-state index >= 15 is 0 Å². The first-order chi connectivity index (χ1) is 8.83. The number of aromatic nitrogens is 2. The summed E-state index contributed by atoms with van der Waals surface area (Å²) < 4.78 is 1.83. The predicted molar refractivity (Wildman–Crippen MR) is 70.5 cm³/mol. The molecular weight excluding hydrogens is 250 g/mol. The average molecular weight is 265 g/mol. The molecule has 1 atom stereocenters. The van der Waals surface area contributed by atoms with E-state index in [0.717, 1.165) is 43.0 Å². The highest BCUT2D eigenvalue weighted by atomic mass is 32.1. The first-order valence-electron chi connectivity index (χ1n) is 6.10. The number of fused-ring (bicyclic) bond motifs is 1. The Morgan fingerprint density at radius 1 is 1.61 bits per heavy atom. The molecule has 2 aromatic rings. The van der Waals surface area contributed by atoms with Crippen molar-refractivity contribution >= 4 is 28.4 Å². The first kappa shape index (κ1) is 11.7. The van der Waals surface area contributed by atoms with Crippen LogP contribution in [-0.2, 0) is 0 Å². The van der Waals surface area contributed by atoms with Gasteiger partial charge in [-0.1, -0.05) is 0 Å². The van der Waals surface area contributed by atoms with E-state index in [2.05, 4.69) is 9.88 Å². The number of rotatable bonds is 3. The molecule has 3 heterocycles. The molecule has 0 bridgehead atoms. The van der Waals surface area contributed by atoms with Gasteiger partial charge in [-0.3, -0.25) is 9.20 Å². The van der Waals surface area contributed by atoms with Crippen molar-refractivity contribution < 1.29 is 9.90 Å². The number of hydrogen-bond acceptors (Lipinski definition) is 5. The van der Waals surface area contributed by atoms with Crippen molar-refractivity contribution in [3.8, 4) is 0 Å². The number of aliphatic hydroxyl groups is 1. The number of hydrogen-bond donors (Lipinski definition) is 1. The summed E-state index contributed by atoms with van der Waals surface area (Å²) in [6.07, 6.45) is 4.82. The van der Waals surface area contributed by atoms with Gasteiger partial charge in [0.1, 0.15) is 5.69 Å². The second kappa shape index (κ2) is 4.70. The number of nitrogens with zero attached hydrogens (tertiary/aromatic N) is 3. The van der Waals surface area contributed by atoms with E-state index in [4.69, 9.17) is 0 Å². The van der Waals surface area contributed by atoms with Crippen molar-refractivity contribution in [2.75, 3.05) is 24.6 Å². The van der Waals surface area contributed by atoms with Crippen molar-refractivity contribution in [3.63, 3.8) is 0 Å². The van der Waals surface area contributed by atoms with Gasteiger partial charge in [-0.2, -0.15) is 0 Å². The highest BCUT2D eigenvalue weighted by molar-refractivity contribution is 7.15. The van der Waals surface area contributed by atoms with Crippen LogP contribution in [-0.4, -0.2) is 40.5 Å². The molecule has 3 rings (SSSR count). The van der Waals surface area contributed by atoms with Gasteiger partial charge < -0.3 is 10.0 Å². The molecule has 1 saturated heterocycles. The normalized spacial score (nSPS) is 20.5. The summed E-state index contributed by atoms with van der Waals surface area (Å²) in [5.41, 5.74) is 0.616. The van der Waals surface area contributed by atoms with Crippen molar-refractivity contribution in [1.29, 1.82) is 0 Å². The minimum Gasteiger partial charge on any atom is -0.396 e. The smallest absolute Gasteiger partial charge is 0.196 e. The topological polar surface area (TPSA) is 57.8 Å². The number of carbonyl (C=O) groups excluding carboxylic acids is 1. The monoisotopic (exact) mass is 265 g/mol. The van der Waals surface area contributed by atoms with Crippen LogP contribution >= 0.6 is 11.3 Å². The molecule has 0 spiro atoms. The Balaban J connectivity index is 1.97. The lowest BCUT2D eigenvalue weighted by Crippen LogP contribution is -2.37. The van der Waals surface area contributed by atoms with Gasteiger partial charge in [0.25, 0.3) is 0 Å². The van der Waals surface area contributed by atoms with Gasteiger partial charge in [-0.15, -0.1) is 11.3 Å². The molecular formula is C12H15N3O2S. The third kappa shape index (κ3) is 1.81. The molecule has 0 aliphatic carbocycles. The molecule has 96 valence electrons. The highest BCUT2D eigenvalue weighted by Crippen LogP contribution is 2.27. The molecule has 0 aromatic carbocycles. The number of thiazole rings is 1. The van der Waals surface area contributed by atoms with Crippen LogP contribution < -0.4 is 4.90 Å². The van der Waals surface area contributed by atoms with Gasteiger partial charge >= 0.3 is 0 Å². The van der Waals surface area contributed by atoms with Gasteiger partial charge in [0, 0.05) is 31.3 Å². The lowest BCUT2D eigenvalue weighted by Gasteiger charge is -2.32. The maximum atomic E-state index is 11.3. The van der Waals surface area contributed by atoms with Crippen LogP contribution in [0.4, 0.5) is 5.82 Å².